The van der Waals surface area contributed by atoms with Crippen molar-refractivity contribution in [3.05, 3.63) is 35.4 Å². The van der Waals surface area contributed by atoms with E-state index in [9.17, 15) is 0 Å². The van der Waals surface area contributed by atoms with Crippen molar-refractivity contribution in [3.8, 4) is 0 Å². The number of aryl methyl sites for hydroxylation is 1. The van der Waals surface area contributed by atoms with E-state index in [1.165, 1.54) is 30.4 Å². The summed E-state index contributed by atoms with van der Waals surface area (Å²) < 4.78 is 0. The first-order valence-corrected chi connectivity index (χ1v) is 7.01. The van der Waals surface area contributed by atoms with E-state index in [1.54, 1.807) is 0 Å². The molecule has 1 heteroatoms. The highest BCUT2D eigenvalue weighted by Crippen LogP contribution is 2.22. The summed E-state index contributed by atoms with van der Waals surface area (Å²) in [6, 6.07) is 9.56. The van der Waals surface area contributed by atoms with Gasteiger partial charge in [-0.15, -0.1) is 0 Å². The smallest absolute Gasteiger partial charge is 0.0343 e. The van der Waals surface area contributed by atoms with E-state index in [1.807, 2.05) is 0 Å². The van der Waals surface area contributed by atoms with Crippen molar-refractivity contribution >= 4 is 0 Å². The van der Waals surface area contributed by atoms with Crippen LogP contribution in [-0.4, -0.2) is 6.54 Å². The van der Waals surface area contributed by atoms with Crippen LogP contribution in [0.2, 0.25) is 0 Å². The number of hydrogen-bond donors (Lipinski definition) is 1. The van der Waals surface area contributed by atoms with Crippen molar-refractivity contribution in [1.82, 2.24) is 5.32 Å². The molecule has 1 nitrogen and oxygen atoms in total. The van der Waals surface area contributed by atoms with E-state index in [-0.39, 0.29) is 0 Å². The highest BCUT2D eigenvalue weighted by molar-refractivity contribution is 5.26. The minimum absolute atomic E-state index is 0.492. The van der Waals surface area contributed by atoms with Crippen LogP contribution >= 0.6 is 0 Å². The van der Waals surface area contributed by atoms with Gasteiger partial charge in [0.1, 0.15) is 0 Å². The average molecular weight is 233 g/mol. The normalized spacial score (nSPS) is 13.0. The van der Waals surface area contributed by atoms with Crippen LogP contribution < -0.4 is 5.32 Å². The van der Waals surface area contributed by atoms with Gasteiger partial charge in [0.2, 0.25) is 0 Å². The Hall–Kier alpha value is -0.820. The van der Waals surface area contributed by atoms with E-state index in [2.05, 4.69) is 57.3 Å². The number of hydrogen-bond acceptors (Lipinski definition) is 1. The Balaban J connectivity index is 2.81. The summed E-state index contributed by atoms with van der Waals surface area (Å²) in [6.07, 6.45) is 3.60. The number of rotatable bonds is 7. The van der Waals surface area contributed by atoms with Crippen molar-refractivity contribution in [3.63, 3.8) is 0 Å². The molecule has 0 aliphatic rings. The maximum absolute atomic E-state index is 3.65. The first-order chi connectivity index (χ1) is 8.19. The SMILES string of the molecule is CCCNC(c1cccc(CCC)c1)C(C)C. The summed E-state index contributed by atoms with van der Waals surface area (Å²) >= 11 is 0. The molecule has 17 heavy (non-hydrogen) atoms. The molecule has 0 heterocycles. The predicted octanol–water partition coefficient (Wildman–Crippen LogP) is 4.34. The molecule has 1 unspecified atom stereocenters. The van der Waals surface area contributed by atoms with E-state index in [0.29, 0.717) is 12.0 Å². The van der Waals surface area contributed by atoms with Crippen LogP contribution in [0.3, 0.4) is 0 Å². The maximum Gasteiger partial charge on any atom is 0.0343 e. The van der Waals surface area contributed by atoms with Crippen LogP contribution in [-0.2, 0) is 6.42 Å². The molecule has 0 spiro atoms. The van der Waals surface area contributed by atoms with Crippen LogP contribution in [0, 0.1) is 5.92 Å². The predicted molar refractivity (Wildman–Crippen MR) is 76.3 cm³/mol. The van der Waals surface area contributed by atoms with E-state index < -0.39 is 0 Å². The van der Waals surface area contributed by atoms with Crippen LogP contribution in [0.1, 0.15) is 57.7 Å². The molecule has 0 bridgehead atoms. The Bertz CT molecular complexity index is 317. The van der Waals surface area contributed by atoms with Gasteiger partial charge in [0.05, 0.1) is 0 Å². The molecule has 0 aromatic heterocycles. The summed E-state index contributed by atoms with van der Waals surface area (Å²) in [7, 11) is 0. The monoisotopic (exact) mass is 233 g/mol. The molecule has 96 valence electrons. The summed E-state index contributed by atoms with van der Waals surface area (Å²) in [5.74, 6) is 0.637. The minimum Gasteiger partial charge on any atom is -0.310 e. The third-order valence-electron chi connectivity index (χ3n) is 3.13. The van der Waals surface area contributed by atoms with Gasteiger partial charge >= 0.3 is 0 Å². The summed E-state index contributed by atoms with van der Waals surface area (Å²) in [5, 5.41) is 3.65. The van der Waals surface area contributed by atoms with Gasteiger partial charge in [-0.3, -0.25) is 0 Å². The molecular weight excluding hydrogens is 206 g/mol. The van der Waals surface area contributed by atoms with Gasteiger partial charge in [-0.05, 0) is 36.4 Å². The first-order valence-electron chi connectivity index (χ1n) is 7.01. The summed E-state index contributed by atoms with van der Waals surface area (Å²) in [5.41, 5.74) is 2.91. The van der Waals surface area contributed by atoms with Crippen LogP contribution in [0.5, 0.6) is 0 Å². The molecule has 0 aliphatic heterocycles. The summed E-state index contributed by atoms with van der Waals surface area (Å²) in [6.45, 7) is 10.1. The molecule has 0 fully saturated rings. The fourth-order valence-electron chi connectivity index (χ4n) is 2.27. The van der Waals surface area contributed by atoms with Gasteiger partial charge in [-0.2, -0.15) is 0 Å². The van der Waals surface area contributed by atoms with Gasteiger partial charge in [0.25, 0.3) is 0 Å². The van der Waals surface area contributed by atoms with Crippen molar-refractivity contribution in [1.29, 1.82) is 0 Å². The van der Waals surface area contributed by atoms with Gasteiger partial charge in [0.15, 0.2) is 0 Å². The molecule has 1 rings (SSSR count). The highest BCUT2D eigenvalue weighted by Gasteiger charge is 2.14. The molecule has 1 atom stereocenters. The lowest BCUT2D eigenvalue weighted by Gasteiger charge is -2.23. The second-order valence-corrected chi connectivity index (χ2v) is 5.17. The summed E-state index contributed by atoms with van der Waals surface area (Å²) in [4.78, 5) is 0. The Morgan fingerprint density at radius 2 is 1.88 bits per heavy atom. The molecule has 1 aromatic carbocycles. The Morgan fingerprint density at radius 1 is 1.12 bits per heavy atom. The largest absolute Gasteiger partial charge is 0.310 e. The second-order valence-electron chi connectivity index (χ2n) is 5.17. The van der Waals surface area contributed by atoms with Crippen LogP contribution in [0.4, 0.5) is 0 Å². The number of benzene rings is 1. The minimum atomic E-state index is 0.492. The standard InChI is InChI=1S/C16H27N/c1-5-8-14-9-7-10-15(12-14)16(13(3)4)17-11-6-2/h7,9-10,12-13,16-17H,5-6,8,11H2,1-4H3. The van der Waals surface area contributed by atoms with Gasteiger partial charge < -0.3 is 5.32 Å². The molecule has 1 aromatic rings. The fourth-order valence-corrected chi connectivity index (χ4v) is 2.27. The molecule has 1 N–H and O–H groups in total. The molecule has 0 amide bonds. The zero-order valence-corrected chi connectivity index (χ0v) is 11.8. The lowest BCUT2D eigenvalue weighted by molar-refractivity contribution is 0.412. The fraction of sp³-hybridized carbons (Fsp3) is 0.625. The quantitative estimate of drug-likeness (QED) is 0.739. The third kappa shape index (κ3) is 4.51. The highest BCUT2D eigenvalue weighted by atomic mass is 14.9. The van der Waals surface area contributed by atoms with Gasteiger partial charge in [-0.1, -0.05) is 58.4 Å². The molecule has 0 saturated carbocycles. The van der Waals surface area contributed by atoms with Crippen molar-refractivity contribution < 1.29 is 0 Å². The lowest BCUT2D eigenvalue weighted by atomic mass is 9.94. The van der Waals surface area contributed by atoms with Gasteiger partial charge in [-0.25, -0.2) is 0 Å². The molecule has 0 radical (unpaired) electrons. The van der Waals surface area contributed by atoms with Crippen molar-refractivity contribution in [2.45, 2.75) is 53.0 Å². The Labute approximate surface area is 107 Å². The van der Waals surface area contributed by atoms with Crippen LogP contribution in [0.25, 0.3) is 0 Å². The first kappa shape index (κ1) is 14.2. The maximum atomic E-state index is 3.65. The zero-order valence-electron chi connectivity index (χ0n) is 11.8. The Morgan fingerprint density at radius 3 is 2.47 bits per heavy atom. The van der Waals surface area contributed by atoms with Crippen molar-refractivity contribution in [2.24, 2.45) is 5.92 Å². The van der Waals surface area contributed by atoms with Crippen molar-refractivity contribution in [2.75, 3.05) is 6.54 Å². The molecule has 0 aliphatic carbocycles. The molecule has 0 saturated heterocycles. The topological polar surface area (TPSA) is 12.0 Å². The van der Waals surface area contributed by atoms with Gasteiger partial charge in [0, 0.05) is 6.04 Å². The second kappa shape index (κ2) is 7.50. The molecular formula is C16H27N. The average Bonchev–Trinajstić information content (AvgIpc) is 2.30. The lowest BCUT2D eigenvalue weighted by Crippen LogP contribution is -2.26. The third-order valence-corrected chi connectivity index (χ3v) is 3.13. The zero-order chi connectivity index (χ0) is 12.7. The van der Waals surface area contributed by atoms with E-state index in [0.717, 1.165) is 6.54 Å². The van der Waals surface area contributed by atoms with E-state index in [4.69, 9.17) is 0 Å². The Kier molecular flexibility index (Phi) is 6.28. The number of nitrogens with one attached hydrogen (secondary N) is 1. The van der Waals surface area contributed by atoms with Crippen LogP contribution in [0.15, 0.2) is 24.3 Å². The van der Waals surface area contributed by atoms with E-state index >= 15 is 0 Å².